The Morgan fingerprint density at radius 2 is 1.94 bits per heavy atom. The molecule has 0 radical (unpaired) electrons. The van der Waals surface area contributed by atoms with Crippen LogP contribution >= 0.6 is 12.4 Å². The van der Waals surface area contributed by atoms with Crippen molar-refractivity contribution in [3.8, 4) is 0 Å². The molecular weight excluding hydrogens is 248 g/mol. The molecule has 1 aliphatic heterocycles. The van der Waals surface area contributed by atoms with Gasteiger partial charge in [0, 0.05) is 36.1 Å². The van der Waals surface area contributed by atoms with E-state index in [1.165, 1.54) is 22.2 Å². The fourth-order valence-electron chi connectivity index (χ4n) is 2.89. The molecule has 0 unspecified atom stereocenters. The van der Waals surface area contributed by atoms with E-state index >= 15 is 0 Å². The highest BCUT2D eigenvalue weighted by molar-refractivity contribution is 5.86. The van der Waals surface area contributed by atoms with E-state index in [1.807, 2.05) is 0 Å². The molecule has 0 atom stereocenters. The van der Waals surface area contributed by atoms with Crippen LogP contribution in [0.1, 0.15) is 11.3 Å². The molecule has 0 bridgehead atoms. The first-order valence-electron chi connectivity index (χ1n) is 6.32. The Kier molecular flexibility index (Phi) is 4.27. The van der Waals surface area contributed by atoms with E-state index < -0.39 is 0 Å². The van der Waals surface area contributed by atoms with Crippen LogP contribution in [0.15, 0.2) is 24.3 Å². The minimum atomic E-state index is 0. The Labute approximate surface area is 113 Å². The number of benzene rings is 1. The third-order valence-electron chi connectivity index (χ3n) is 3.61. The quantitative estimate of drug-likeness (QED) is 0.869. The topological polar surface area (TPSA) is 37.2 Å². The van der Waals surface area contributed by atoms with E-state index in [2.05, 4.69) is 34.1 Å². The molecule has 0 saturated carbocycles. The SMILES string of the molecule is Cl.OCCn1c2c(c3ccccc31)CCNCC2. The lowest BCUT2D eigenvalue weighted by atomic mass is 10.1. The molecule has 1 aromatic carbocycles. The summed E-state index contributed by atoms with van der Waals surface area (Å²) in [5, 5.41) is 14.0. The highest BCUT2D eigenvalue weighted by Crippen LogP contribution is 2.27. The molecule has 98 valence electrons. The molecule has 0 saturated heterocycles. The third-order valence-corrected chi connectivity index (χ3v) is 3.61. The van der Waals surface area contributed by atoms with Gasteiger partial charge in [-0.15, -0.1) is 12.4 Å². The molecule has 0 aliphatic carbocycles. The van der Waals surface area contributed by atoms with E-state index in [0.717, 1.165) is 25.9 Å². The predicted molar refractivity (Wildman–Crippen MR) is 76.5 cm³/mol. The summed E-state index contributed by atoms with van der Waals surface area (Å²) < 4.78 is 2.29. The second-order valence-corrected chi connectivity index (χ2v) is 4.57. The van der Waals surface area contributed by atoms with Gasteiger partial charge in [-0.2, -0.15) is 0 Å². The maximum absolute atomic E-state index is 9.23. The molecule has 1 aromatic heterocycles. The van der Waals surface area contributed by atoms with Crippen molar-refractivity contribution in [3.05, 3.63) is 35.5 Å². The first-order chi connectivity index (χ1) is 8.42. The molecular formula is C14H19ClN2O. The normalized spacial score (nSPS) is 14.9. The number of rotatable bonds is 2. The molecule has 2 heterocycles. The number of hydrogen-bond donors (Lipinski definition) is 2. The van der Waals surface area contributed by atoms with Crippen molar-refractivity contribution in [2.45, 2.75) is 19.4 Å². The number of fused-ring (bicyclic) bond motifs is 3. The number of nitrogens with zero attached hydrogens (tertiary/aromatic N) is 1. The Bertz CT molecular complexity index is 521. The van der Waals surface area contributed by atoms with E-state index in [-0.39, 0.29) is 19.0 Å². The van der Waals surface area contributed by atoms with Gasteiger partial charge >= 0.3 is 0 Å². The van der Waals surface area contributed by atoms with Gasteiger partial charge < -0.3 is 15.0 Å². The van der Waals surface area contributed by atoms with Crippen LogP contribution in [0.25, 0.3) is 10.9 Å². The first-order valence-corrected chi connectivity index (χ1v) is 6.32. The van der Waals surface area contributed by atoms with Gasteiger partial charge in [0.15, 0.2) is 0 Å². The summed E-state index contributed by atoms with van der Waals surface area (Å²) >= 11 is 0. The maximum atomic E-state index is 9.23. The summed E-state index contributed by atoms with van der Waals surface area (Å²) in [5.41, 5.74) is 4.15. The summed E-state index contributed by atoms with van der Waals surface area (Å²) in [5.74, 6) is 0. The number of hydrogen-bond acceptors (Lipinski definition) is 2. The molecule has 0 spiro atoms. The summed E-state index contributed by atoms with van der Waals surface area (Å²) in [6.45, 7) is 3.00. The third kappa shape index (κ3) is 2.14. The number of halogens is 1. The Morgan fingerprint density at radius 1 is 1.17 bits per heavy atom. The molecule has 0 amide bonds. The Hall–Kier alpha value is -1.03. The molecule has 3 nitrogen and oxygen atoms in total. The Morgan fingerprint density at radius 3 is 2.78 bits per heavy atom. The van der Waals surface area contributed by atoms with Crippen LogP contribution in [-0.2, 0) is 19.4 Å². The van der Waals surface area contributed by atoms with Crippen LogP contribution in [0.5, 0.6) is 0 Å². The minimum Gasteiger partial charge on any atom is -0.395 e. The van der Waals surface area contributed by atoms with Crippen molar-refractivity contribution in [1.82, 2.24) is 9.88 Å². The molecule has 2 N–H and O–H groups in total. The average Bonchev–Trinajstić information content (AvgIpc) is 2.55. The highest BCUT2D eigenvalue weighted by atomic mass is 35.5. The molecule has 2 aromatic rings. The van der Waals surface area contributed by atoms with E-state index in [9.17, 15) is 5.11 Å². The lowest BCUT2D eigenvalue weighted by Crippen LogP contribution is -2.17. The van der Waals surface area contributed by atoms with Crippen LogP contribution < -0.4 is 5.32 Å². The van der Waals surface area contributed by atoms with Gasteiger partial charge in [-0.05, 0) is 24.6 Å². The molecule has 1 aliphatic rings. The lowest BCUT2D eigenvalue weighted by Gasteiger charge is -2.08. The second kappa shape index (κ2) is 5.74. The number of aliphatic hydroxyl groups is 1. The smallest absolute Gasteiger partial charge is 0.0610 e. The van der Waals surface area contributed by atoms with Gasteiger partial charge in [-0.25, -0.2) is 0 Å². The van der Waals surface area contributed by atoms with E-state index in [0.29, 0.717) is 6.54 Å². The van der Waals surface area contributed by atoms with Gasteiger partial charge in [0.25, 0.3) is 0 Å². The van der Waals surface area contributed by atoms with E-state index in [4.69, 9.17) is 0 Å². The van der Waals surface area contributed by atoms with Crippen molar-refractivity contribution >= 4 is 23.3 Å². The van der Waals surface area contributed by atoms with Gasteiger partial charge in [-0.3, -0.25) is 0 Å². The standard InChI is InChI=1S/C14H18N2O.ClH/c17-10-9-16-13-4-2-1-3-11(13)12-5-7-15-8-6-14(12)16;/h1-4,15,17H,5-10H2;1H. The maximum Gasteiger partial charge on any atom is 0.0610 e. The summed E-state index contributed by atoms with van der Waals surface area (Å²) in [6, 6.07) is 8.54. The summed E-state index contributed by atoms with van der Waals surface area (Å²) in [4.78, 5) is 0. The monoisotopic (exact) mass is 266 g/mol. The zero-order chi connectivity index (χ0) is 11.7. The number of aromatic nitrogens is 1. The van der Waals surface area contributed by atoms with Gasteiger partial charge in [0.2, 0.25) is 0 Å². The van der Waals surface area contributed by atoms with Gasteiger partial charge in [0.05, 0.1) is 6.61 Å². The molecule has 3 rings (SSSR count). The van der Waals surface area contributed by atoms with Crippen molar-refractivity contribution in [3.63, 3.8) is 0 Å². The zero-order valence-electron chi connectivity index (χ0n) is 10.4. The number of para-hydroxylation sites is 1. The fraction of sp³-hybridized carbons (Fsp3) is 0.429. The molecule has 18 heavy (non-hydrogen) atoms. The zero-order valence-corrected chi connectivity index (χ0v) is 11.2. The highest BCUT2D eigenvalue weighted by Gasteiger charge is 2.17. The molecule has 4 heteroatoms. The average molecular weight is 267 g/mol. The predicted octanol–water partition coefficient (Wildman–Crippen LogP) is 1.74. The van der Waals surface area contributed by atoms with Crippen LogP contribution in [0, 0.1) is 0 Å². The van der Waals surface area contributed by atoms with Crippen molar-refractivity contribution < 1.29 is 5.11 Å². The molecule has 0 fully saturated rings. The first kappa shape index (κ1) is 13.4. The van der Waals surface area contributed by atoms with Crippen LogP contribution in [0.3, 0.4) is 0 Å². The number of aliphatic hydroxyl groups excluding tert-OH is 1. The van der Waals surface area contributed by atoms with Crippen molar-refractivity contribution in [1.29, 1.82) is 0 Å². The summed E-state index contributed by atoms with van der Waals surface area (Å²) in [6.07, 6.45) is 2.15. The van der Waals surface area contributed by atoms with Gasteiger partial charge in [-0.1, -0.05) is 18.2 Å². The van der Waals surface area contributed by atoms with Crippen molar-refractivity contribution in [2.75, 3.05) is 19.7 Å². The van der Waals surface area contributed by atoms with Crippen LogP contribution in [-0.4, -0.2) is 29.4 Å². The largest absolute Gasteiger partial charge is 0.395 e. The minimum absolute atomic E-state index is 0. The summed E-state index contributed by atoms with van der Waals surface area (Å²) in [7, 11) is 0. The number of nitrogens with one attached hydrogen (secondary N) is 1. The fourth-order valence-corrected chi connectivity index (χ4v) is 2.89. The Balaban J connectivity index is 0.00000120. The van der Waals surface area contributed by atoms with E-state index in [1.54, 1.807) is 0 Å². The lowest BCUT2D eigenvalue weighted by molar-refractivity contribution is 0.276. The van der Waals surface area contributed by atoms with Gasteiger partial charge in [0.1, 0.15) is 0 Å². The van der Waals surface area contributed by atoms with Crippen LogP contribution in [0.4, 0.5) is 0 Å². The van der Waals surface area contributed by atoms with Crippen molar-refractivity contribution in [2.24, 2.45) is 0 Å². The van der Waals surface area contributed by atoms with Crippen LogP contribution in [0.2, 0.25) is 0 Å². The second-order valence-electron chi connectivity index (χ2n) is 4.57.